The fourth-order valence-electron chi connectivity index (χ4n) is 16.2. The minimum atomic E-state index is 0.559. The first-order chi connectivity index (χ1) is 45.6. The molecule has 0 radical (unpaired) electrons. The number of rotatable bonds is 4. The number of nitriles is 1. The summed E-state index contributed by atoms with van der Waals surface area (Å²) in [6, 6.07) is 94.2. The molecule has 0 N–H and O–H groups in total. The molecule has 22 aromatic rings. The van der Waals surface area contributed by atoms with Gasteiger partial charge in [0.05, 0.1) is 88.9 Å². The second-order valence-electron chi connectivity index (χ2n) is 24.8. The number of aromatic nitrogens is 8. The van der Waals surface area contributed by atoms with Gasteiger partial charge in [0.25, 0.3) is 0 Å². The van der Waals surface area contributed by atoms with Crippen LogP contribution in [0.5, 0.6) is 0 Å². The van der Waals surface area contributed by atoms with Gasteiger partial charge in [-0.05, 0) is 136 Å². The van der Waals surface area contributed by atoms with Gasteiger partial charge in [0.2, 0.25) is 0 Å². The summed E-state index contributed by atoms with van der Waals surface area (Å²) in [5.74, 6) is 1.54. The Kier molecular flexibility index (Phi) is 9.08. The lowest BCUT2D eigenvalue weighted by atomic mass is 9.98. The molecule has 92 heavy (non-hydrogen) atoms. The number of hydrogen-bond acceptors (Lipinski definition) is 5. The molecule has 0 saturated heterocycles. The van der Waals surface area contributed by atoms with Crippen molar-refractivity contribution in [2.24, 2.45) is 0 Å². The van der Waals surface area contributed by atoms with Gasteiger partial charge < -0.3 is 8.80 Å². The lowest BCUT2D eigenvalue weighted by molar-refractivity contribution is 1.08. The zero-order valence-corrected chi connectivity index (χ0v) is 48.9. The van der Waals surface area contributed by atoms with Gasteiger partial charge in [-0.15, -0.1) is 0 Å². The standard InChI is InChI=1S/C83H43N9/c84-43-45-14-13-19-52(34-45)80-83(87-64-24-9-8-23-63(64)86-80)92-70-40-50-18-4-2-16-48(50)37-62(70)75-72(92)42-59-56-21-6-11-26-66(56)91-68-32-30-51(38-60(68)77(75)82(59)91)54-35-53-29-28-46-31-33-73(88-79(46)78(53)85-44-54)89-69-39-49-17-3-1-15-47(49)36-61(69)74-71(89)41-58-55-20-5-10-25-65(55)90-67-27-12-7-22-57(67)76(74)81(58)90/h1-42,44H. The topological polar surface area (TPSA) is 94.0 Å². The van der Waals surface area contributed by atoms with Crippen LogP contribution in [0.3, 0.4) is 0 Å². The zero-order valence-electron chi connectivity index (χ0n) is 48.9. The van der Waals surface area contributed by atoms with Gasteiger partial charge in [-0.2, -0.15) is 5.26 Å². The van der Waals surface area contributed by atoms with Gasteiger partial charge in [0, 0.05) is 92.7 Å². The van der Waals surface area contributed by atoms with Gasteiger partial charge in [-0.1, -0.05) is 146 Å². The van der Waals surface area contributed by atoms with Crippen LogP contribution in [0, 0.1) is 11.3 Å². The van der Waals surface area contributed by atoms with Gasteiger partial charge in [0.15, 0.2) is 5.82 Å². The van der Waals surface area contributed by atoms with Crippen LogP contribution in [0.25, 0.3) is 208 Å². The molecule has 0 spiro atoms. The Hall–Kier alpha value is -12.8. The summed E-state index contributed by atoms with van der Waals surface area (Å²) in [7, 11) is 0. The number of fused-ring (bicyclic) bond motifs is 26. The molecule has 9 nitrogen and oxygen atoms in total. The molecule has 9 heteroatoms. The molecule has 0 saturated carbocycles. The Balaban J connectivity index is 0.779. The lowest BCUT2D eigenvalue weighted by Gasteiger charge is -2.14. The Morgan fingerprint density at radius 1 is 0.304 bits per heavy atom. The number of pyridine rings is 2. The van der Waals surface area contributed by atoms with Crippen molar-refractivity contribution < 1.29 is 0 Å². The van der Waals surface area contributed by atoms with Crippen LogP contribution in [0.4, 0.5) is 0 Å². The van der Waals surface area contributed by atoms with Crippen molar-refractivity contribution in [3.8, 4) is 40.1 Å². The third kappa shape index (κ3) is 6.19. The second-order valence-corrected chi connectivity index (χ2v) is 24.8. The molecule has 0 unspecified atom stereocenters. The van der Waals surface area contributed by atoms with Crippen LogP contribution >= 0.6 is 0 Å². The summed E-state index contributed by atoms with van der Waals surface area (Å²) in [5.41, 5.74) is 18.8. The lowest BCUT2D eigenvalue weighted by Crippen LogP contribution is -2.04. The van der Waals surface area contributed by atoms with E-state index in [0.29, 0.717) is 17.1 Å². The molecule has 0 aliphatic heterocycles. The molecule has 13 aromatic carbocycles. The molecule has 420 valence electrons. The Bertz CT molecular complexity index is 7150. The predicted molar refractivity (Wildman–Crippen MR) is 379 cm³/mol. The van der Waals surface area contributed by atoms with Gasteiger partial charge >= 0.3 is 0 Å². The van der Waals surface area contributed by atoms with E-state index >= 15 is 0 Å². The summed E-state index contributed by atoms with van der Waals surface area (Å²) in [6.45, 7) is 0. The fourth-order valence-corrected chi connectivity index (χ4v) is 16.2. The van der Waals surface area contributed by atoms with Crippen molar-refractivity contribution in [2.45, 2.75) is 0 Å². The Morgan fingerprint density at radius 3 is 1.53 bits per heavy atom. The highest BCUT2D eigenvalue weighted by atomic mass is 15.1. The molecule has 0 aliphatic rings. The van der Waals surface area contributed by atoms with E-state index in [1.165, 1.54) is 75.9 Å². The Labute approximate surface area is 521 Å². The first-order valence-electron chi connectivity index (χ1n) is 31.2. The number of nitrogens with zero attached hydrogens (tertiary/aromatic N) is 9. The van der Waals surface area contributed by atoms with Crippen LogP contribution < -0.4 is 0 Å². The normalized spacial score (nSPS) is 12.6. The SMILES string of the molecule is N#Cc1cccc(-c2nc3ccccc3nc2-n2c3cc4ccccc4cc3c3c4c5cc(-c6cnc7c(ccc8ccc(-n9c%10cc%11ccccc%11cc%10c%10c%11c%12ccccc%12n%12c%13ccccc%13c(cc%109)c%11%12)nc87)c6)ccc5n5c6ccccc6c(cc32)c45)c1. The maximum Gasteiger partial charge on any atom is 0.165 e. The van der Waals surface area contributed by atoms with E-state index in [2.05, 4.69) is 230 Å². The van der Waals surface area contributed by atoms with Gasteiger partial charge in [0.1, 0.15) is 11.5 Å². The summed E-state index contributed by atoms with van der Waals surface area (Å²) < 4.78 is 9.68. The predicted octanol–water partition coefficient (Wildman–Crippen LogP) is 20.7. The van der Waals surface area contributed by atoms with Crippen LogP contribution in [-0.4, -0.2) is 37.9 Å². The highest BCUT2D eigenvalue weighted by Gasteiger charge is 2.29. The first-order valence-corrected chi connectivity index (χ1v) is 31.2. The molecule has 0 aliphatic carbocycles. The molecule has 0 amide bonds. The first kappa shape index (κ1) is 48.3. The van der Waals surface area contributed by atoms with Crippen molar-refractivity contribution in [1.82, 2.24) is 37.9 Å². The molecule has 0 bridgehead atoms. The van der Waals surface area contributed by atoms with E-state index in [9.17, 15) is 5.26 Å². The monoisotopic (exact) mass is 1170 g/mol. The summed E-state index contributed by atoms with van der Waals surface area (Å²) in [4.78, 5) is 22.1. The molecular formula is C83H43N9. The van der Waals surface area contributed by atoms with Crippen molar-refractivity contribution in [3.63, 3.8) is 0 Å². The molecule has 22 rings (SSSR count). The average molecular weight is 1170 g/mol. The van der Waals surface area contributed by atoms with Crippen LogP contribution in [-0.2, 0) is 0 Å². The Morgan fingerprint density at radius 2 is 0.848 bits per heavy atom. The minimum Gasteiger partial charge on any atom is -0.308 e. The van der Waals surface area contributed by atoms with Crippen molar-refractivity contribution in [2.75, 3.05) is 0 Å². The number of hydrogen-bond donors (Lipinski definition) is 0. The largest absolute Gasteiger partial charge is 0.308 e. The highest BCUT2D eigenvalue weighted by Crippen LogP contribution is 2.51. The molecule has 0 atom stereocenters. The zero-order chi connectivity index (χ0) is 59.8. The quantitative estimate of drug-likeness (QED) is 0.164. The summed E-state index contributed by atoms with van der Waals surface area (Å²) in [6.07, 6.45) is 2.04. The van der Waals surface area contributed by atoms with Crippen LogP contribution in [0.2, 0.25) is 0 Å². The van der Waals surface area contributed by atoms with Crippen LogP contribution in [0.15, 0.2) is 261 Å². The maximum atomic E-state index is 10.2. The third-order valence-electron chi connectivity index (χ3n) is 20.1. The average Bonchev–Trinajstić information content (AvgIpc) is 1.52. The van der Waals surface area contributed by atoms with E-state index < -0.39 is 0 Å². The molecular weight excluding hydrogens is 1120 g/mol. The molecule has 9 heterocycles. The van der Waals surface area contributed by atoms with E-state index in [1.807, 2.05) is 54.7 Å². The van der Waals surface area contributed by atoms with Crippen molar-refractivity contribution in [1.29, 1.82) is 5.26 Å². The van der Waals surface area contributed by atoms with Gasteiger partial charge in [-0.3, -0.25) is 14.1 Å². The smallest absolute Gasteiger partial charge is 0.165 e. The van der Waals surface area contributed by atoms with E-state index in [-0.39, 0.29) is 0 Å². The summed E-state index contributed by atoms with van der Waals surface area (Å²) >= 11 is 0. The number of para-hydroxylation sites is 5. The maximum absolute atomic E-state index is 10.2. The van der Waals surface area contributed by atoms with Crippen LogP contribution in [0.1, 0.15) is 5.56 Å². The van der Waals surface area contributed by atoms with Crippen molar-refractivity contribution in [3.05, 3.63) is 267 Å². The third-order valence-corrected chi connectivity index (χ3v) is 20.1. The number of benzene rings is 13. The molecule has 9 aromatic heterocycles. The van der Waals surface area contributed by atoms with Gasteiger partial charge in [-0.25, -0.2) is 15.0 Å². The van der Waals surface area contributed by atoms with E-state index in [1.54, 1.807) is 0 Å². The molecule has 0 fully saturated rings. The second kappa shape index (κ2) is 17.3. The van der Waals surface area contributed by atoms with Crippen molar-refractivity contribution >= 4 is 174 Å². The summed E-state index contributed by atoms with van der Waals surface area (Å²) in [5, 5.41) is 31.2. The highest BCUT2D eigenvalue weighted by molar-refractivity contribution is 6.38. The van der Waals surface area contributed by atoms with E-state index in [0.717, 1.165) is 121 Å². The fraction of sp³-hybridized carbons (Fsp3) is 0. The minimum absolute atomic E-state index is 0.559. The van der Waals surface area contributed by atoms with E-state index in [4.69, 9.17) is 19.9 Å².